The topological polar surface area (TPSA) is 648 Å². The van der Waals surface area contributed by atoms with Crippen molar-refractivity contribution < 1.29 is 103 Å². The number of benzene rings is 1. The molecule has 0 saturated carbocycles. The first-order valence-electron chi connectivity index (χ1n) is 33.3. The van der Waals surface area contributed by atoms with E-state index in [1.807, 2.05) is 0 Å². The van der Waals surface area contributed by atoms with Crippen molar-refractivity contribution in [1.29, 1.82) is 5.41 Å². The Labute approximate surface area is 590 Å². The van der Waals surface area contributed by atoms with Crippen molar-refractivity contribution in [3.8, 4) is 5.75 Å². The van der Waals surface area contributed by atoms with E-state index in [0.29, 0.717) is 12.0 Å². The molecule has 1 aromatic rings. The highest BCUT2D eigenvalue weighted by Gasteiger charge is 2.38. The van der Waals surface area contributed by atoms with Gasteiger partial charge in [-0.2, -0.15) is 0 Å². The maximum Gasteiger partial charge on any atom is 0.326 e. The molecule has 1 aromatic carbocycles. The van der Waals surface area contributed by atoms with Gasteiger partial charge >= 0.3 is 11.9 Å². The predicted octanol–water partition coefficient (Wildman–Crippen LogP) is -7.68. The number of hydrogen-bond acceptors (Lipinski definition) is 22. The van der Waals surface area contributed by atoms with Gasteiger partial charge in [0.2, 0.25) is 76.8 Å². The van der Waals surface area contributed by atoms with E-state index < -0.39 is 211 Å². The number of nitrogens with two attached hydrogens (primary N) is 3. The number of phenols is 1. The summed E-state index contributed by atoms with van der Waals surface area (Å²) in [5, 5.41) is 99.9. The highest BCUT2D eigenvalue weighted by molar-refractivity contribution is 6.00. The zero-order valence-corrected chi connectivity index (χ0v) is 59.1. The van der Waals surface area contributed by atoms with Crippen LogP contribution < -0.4 is 91.6 Å². The fourth-order valence-corrected chi connectivity index (χ4v) is 9.50. The van der Waals surface area contributed by atoms with Gasteiger partial charge in [-0.05, 0) is 115 Å². The Kier molecular flexibility index (Phi) is 40.5. The molecule has 574 valence electrons. The largest absolute Gasteiger partial charge is 0.508 e. The monoisotopic (exact) mass is 1450 g/mol. The van der Waals surface area contributed by atoms with E-state index in [9.17, 15) is 97.5 Å². The normalized spacial score (nSPS) is 15.5. The molecule has 0 aromatic heterocycles. The first-order chi connectivity index (χ1) is 47.7. The lowest BCUT2D eigenvalue weighted by molar-refractivity contribution is -0.147. The minimum absolute atomic E-state index is 0.0113. The number of aromatic hydroxyl groups is 1. The van der Waals surface area contributed by atoms with Crippen LogP contribution in [-0.4, -0.2) is 243 Å². The molecule has 0 aliphatic carbocycles. The zero-order chi connectivity index (χ0) is 77.8. The van der Waals surface area contributed by atoms with Crippen molar-refractivity contribution >= 4 is 94.7 Å². The first kappa shape index (κ1) is 90.2. The Morgan fingerprint density at radius 2 is 0.922 bits per heavy atom. The average Bonchev–Trinajstić information content (AvgIpc) is 0.895. The number of aliphatic carboxylic acids is 2. The maximum atomic E-state index is 13.9. The molecule has 15 atom stereocenters. The Bertz CT molecular complexity index is 3030. The number of guanidine groups is 1. The van der Waals surface area contributed by atoms with E-state index in [1.54, 1.807) is 32.9 Å². The molecule has 0 unspecified atom stereocenters. The molecule has 0 aliphatic rings. The van der Waals surface area contributed by atoms with Gasteiger partial charge in [-0.25, -0.2) is 4.79 Å². The SMILES string of the molecule is CC[C@H](C)[C@H](NC(=O)[C@@H](NC(=O)[C@@H](NC(=O)[C@H](CCCCN)NC(=O)CNC(=O)[C@H](C)NC(=O)[C@H](CO)NC(=O)[C@H](CC(C)C)NC(=O)[C@H](C)NC(=O)[C@H](C)NC(=O)[C@H](CO)NC(=O)[C@H](CCCNC(=N)N)NC(=O)[C@@H](N)Cc1ccc(O)cc1)C(C)C)[C@@H](C)O)C(=O)N[C@@H](CC(=O)O)C(=O)O. The van der Waals surface area contributed by atoms with Crippen LogP contribution in [0.15, 0.2) is 24.3 Å². The molecule has 1 rings (SSSR count). The van der Waals surface area contributed by atoms with E-state index in [2.05, 4.69) is 74.4 Å². The second kappa shape index (κ2) is 45.8. The quantitative estimate of drug-likeness (QED) is 0.0164. The number of hydrogen-bond donors (Lipinski definition) is 24. The van der Waals surface area contributed by atoms with Crippen LogP contribution in [-0.2, 0) is 78.3 Å². The third-order valence-corrected chi connectivity index (χ3v) is 15.7. The van der Waals surface area contributed by atoms with Crippen molar-refractivity contribution in [3.63, 3.8) is 0 Å². The summed E-state index contributed by atoms with van der Waals surface area (Å²) in [6.45, 7) is 11.9. The van der Waals surface area contributed by atoms with Gasteiger partial charge in [-0.15, -0.1) is 0 Å². The minimum atomic E-state index is -1.86. The minimum Gasteiger partial charge on any atom is -0.508 e. The molecule has 0 radical (unpaired) electrons. The zero-order valence-electron chi connectivity index (χ0n) is 59.1. The number of carboxylic acids is 2. The fourth-order valence-electron chi connectivity index (χ4n) is 9.50. The molecule has 27 N–H and O–H groups in total. The Morgan fingerprint density at radius 3 is 1.41 bits per heavy atom. The van der Waals surface area contributed by atoms with Crippen LogP contribution in [0.25, 0.3) is 0 Å². The number of carbonyl (C=O) groups is 15. The summed E-state index contributed by atoms with van der Waals surface area (Å²) in [5.41, 5.74) is 17.7. The molecule has 0 fully saturated rings. The smallest absolute Gasteiger partial charge is 0.326 e. The molecule has 0 bridgehead atoms. The van der Waals surface area contributed by atoms with Crippen LogP contribution in [0.4, 0.5) is 0 Å². The third kappa shape index (κ3) is 33.1. The summed E-state index contributed by atoms with van der Waals surface area (Å²) < 4.78 is 0. The van der Waals surface area contributed by atoms with E-state index in [-0.39, 0.29) is 75.7 Å². The van der Waals surface area contributed by atoms with Crippen LogP contribution in [0.5, 0.6) is 5.75 Å². The van der Waals surface area contributed by atoms with Gasteiger partial charge in [0.25, 0.3) is 0 Å². The number of phenolic OH excluding ortho intramolecular Hbond substituents is 1. The summed E-state index contributed by atoms with van der Waals surface area (Å²) in [7, 11) is 0. The molecule has 0 heterocycles. The number of nitrogens with one attached hydrogen (secondary N) is 15. The summed E-state index contributed by atoms with van der Waals surface area (Å²) in [5.74, 6) is -17.9. The molecule has 0 aliphatic heterocycles. The molecule has 0 saturated heterocycles. The lowest BCUT2D eigenvalue weighted by Crippen LogP contribution is -2.62. The van der Waals surface area contributed by atoms with Crippen molar-refractivity contribution in [2.45, 2.75) is 212 Å². The lowest BCUT2D eigenvalue weighted by Gasteiger charge is -2.30. The molecule has 0 spiro atoms. The van der Waals surface area contributed by atoms with Gasteiger partial charge in [0.05, 0.1) is 38.3 Å². The van der Waals surface area contributed by atoms with Gasteiger partial charge in [0, 0.05) is 6.54 Å². The number of rotatable bonds is 47. The number of aliphatic hydroxyl groups excluding tert-OH is 3. The number of aliphatic hydroxyl groups is 3. The van der Waals surface area contributed by atoms with Gasteiger partial charge in [0.15, 0.2) is 5.96 Å². The third-order valence-electron chi connectivity index (χ3n) is 15.7. The molecule has 39 nitrogen and oxygen atoms in total. The summed E-state index contributed by atoms with van der Waals surface area (Å²) in [6, 6.07) is -13.6. The standard InChI is InChI=1S/C63H106N18O21/c1-11-31(6)48(60(99)76-42(62(101)102)25-46(87)88)80-61(100)49(35(10)84)81-59(98)47(30(4)5)79-55(94)39(15-12-13-21-64)73-45(86)26-69-50(89)32(7)71-57(96)44(28-83)78-56(95)41(23-29(2)3)75-52(91)34(9)70-51(90)33(8)72-58(97)43(27-82)77-54(93)40(16-14-22-68-63(66)67)74-53(92)38(65)24-36-17-19-37(85)20-18-36/h17-20,29-35,38-44,47-49,82-85H,11-16,21-28,64-65H2,1-10H3,(H,69,89)(H,70,90)(H,71,96)(H,72,97)(H,73,86)(H,74,92)(H,75,91)(H,76,99)(H,77,93)(H,78,95)(H,79,94)(H,80,100)(H,81,98)(H,87,88)(H,101,102)(H4,66,67,68)/t31-,32-,33-,34-,35+,38-,39-,40-,41-,42-,43-,44-,47-,48-,49-/m0/s1. The van der Waals surface area contributed by atoms with Crippen molar-refractivity contribution in [3.05, 3.63) is 29.8 Å². The van der Waals surface area contributed by atoms with Crippen molar-refractivity contribution in [1.82, 2.24) is 74.4 Å². The molecule has 102 heavy (non-hydrogen) atoms. The summed E-state index contributed by atoms with van der Waals surface area (Å²) in [4.78, 5) is 198. The van der Waals surface area contributed by atoms with E-state index >= 15 is 0 Å². The number of carboxylic acid groups (broad SMARTS) is 2. The van der Waals surface area contributed by atoms with Crippen molar-refractivity contribution in [2.75, 3.05) is 32.8 Å². The van der Waals surface area contributed by atoms with Crippen molar-refractivity contribution in [2.24, 2.45) is 35.0 Å². The summed E-state index contributed by atoms with van der Waals surface area (Å²) in [6.07, 6.45) is -1.66. The Hall–Kier alpha value is -9.86. The average molecular weight is 1450 g/mol. The van der Waals surface area contributed by atoms with Gasteiger partial charge in [-0.3, -0.25) is 72.5 Å². The first-order valence-corrected chi connectivity index (χ1v) is 33.3. The van der Waals surface area contributed by atoms with E-state index in [4.69, 9.17) is 27.7 Å². The predicted molar refractivity (Wildman–Crippen MR) is 365 cm³/mol. The number of carbonyl (C=O) groups excluding carboxylic acids is 13. The van der Waals surface area contributed by atoms with Crippen LogP contribution in [0.1, 0.15) is 126 Å². The van der Waals surface area contributed by atoms with E-state index in [1.165, 1.54) is 53.7 Å². The second-order valence-corrected chi connectivity index (χ2v) is 25.3. The van der Waals surface area contributed by atoms with Gasteiger partial charge in [-0.1, -0.05) is 60.1 Å². The number of amides is 13. The van der Waals surface area contributed by atoms with Crippen LogP contribution in [0.2, 0.25) is 0 Å². The summed E-state index contributed by atoms with van der Waals surface area (Å²) >= 11 is 0. The molecule has 39 heteroatoms. The fraction of sp³-hybridized carbons (Fsp3) is 0.651. The van der Waals surface area contributed by atoms with Gasteiger partial charge in [0.1, 0.15) is 78.3 Å². The highest BCUT2D eigenvalue weighted by Crippen LogP contribution is 2.15. The molecular weight excluding hydrogens is 1340 g/mol. The van der Waals surface area contributed by atoms with Crippen LogP contribution >= 0.6 is 0 Å². The highest BCUT2D eigenvalue weighted by atomic mass is 16.4. The lowest BCUT2D eigenvalue weighted by atomic mass is 9.96. The Morgan fingerprint density at radius 1 is 0.490 bits per heavy atom. The maximum absolute atomic E-state index is 13.9. The number of unbranched alkanes of at least 4 members (excludes halogenated alkanes) is 1. The van der Waals surface area contributed by atoms with E-state index in [0.717, 1.165) is 6.92 Å². The van der Waals surface area contributed by atoms with Gasteiger partial charge < -0.3 is 122 Å². The van der Waals surface area contributed by atoms with Crippen LogP contribution in [0, 0.1) is 23.2 Å². The molecule has 13 amide bonds. The van der Waals surface area contributed by atoms with Crippen LogP contribution in [0.3, 0.4) is 0 Å². The molecular formula is C63H106N18O21. The second-order valence-electron chi connectivity index (χ2n) is 25.3. The Balaban J connectivity index is 3.06.